The summed E-state index contributed by atoms with van der Waals surface area (Å²) in [6, 6.07) is 7.79. The Bertz CT molecular complexity index is 491. The fourth-order valence-corrected chi connectivity index (χ4v) is 2.85. The van der Waals surface area contributed by atoms with Gasteiger partial charge in [-0.25, -0.2) is 8.42 Å². The van der Waals surface area contributed by atoms with Crippen molar-refractivity contribution in [3.8, 4) is 0 Å². The first-order valence-electron chi connectivity index (χ1n) is 4.79. The van der Waals surface area contributed by atoms with Crippen molar-refractivity contribution in [3.63, 3.8) is 0 Å². The number of hydrogen-bond acceptors (Lipinski definition) is 3. The second-order valence-corrected chi connectivity index (χ2v) is 5.71. The molecule has 3 nitrogen and oxygen atoms in total. The fraction of sp³-hybridized carbons (Fsp3) is 0.273. The van der Waals surface area contributed by atoms with Crippen molar-refractivity contribution in [1.29, 1.82) is 0 Å². The molecule has 1 aromatic rings. The Hall–Kier alpha value is -1.29. The summed E-state index contributed by atoms with van der Waals surface area (Å²) in [4.78, 5) is 0. The molecule has 0 amide bonds. The summed E-state index contributed by atoms with van der Waals surface area (Å²) in [5, 5.41) is 4.45. The second kappa shape index (κ2) is 3.70. The summed E-state index contributed by atoms with van der Waals surface area (Å²) in [6.45, 7) is 2.01. The highest BCUT2D eigenvalue weighted by atomic mass is 32.2. The van der Waals surface area contributed by atoms with Gasteiger partial charge >= 0.3 is 0 Å². The summed E-state index contributed by atoms with van der Waals surface area (Å²) in [6.07, 6.45) is 1.69. The van der Waals surface area contributed by atoms with Crippen LogP contribution in [0.25, 0.3) is 0 Å². The van der Waals surface area contributed by atoms with E-state index in [1.165, 1.54) is 5.41 Å². The maximum atomic E-state index is 11.2. The maximum absolute atomic E-state index is 11.2. The van der Waals surface area contributed by atoms with Crippen LogP contribution in [0.4, 0.5) is 5.69 Å². The smallest absolute Gasteiger partial charge is 0.173 e. The zero-order chi connectivity index (χ0) is 10.9. The third-order valence-electron chi connectivity index (χ3n) is 2.30. The molecular formula is C11H13NO2S. The maximum Gasteiger partial charge on any atom is 0.173 e. The number of nitrogens with one attached hydrogen (secondary N) is 1. The van der Waals surface area contributed by atoms with Crippen LogP contribution in [0.1, 0.15) is 5.56 Å². The zero-order valence-corrected chi connectivity index (χ0v) is 9.29. The predicted molar refractivity (Wildman–Crippen MR) is 61.5 cm³/mol. The number of benzene rings is 1. The average molecular weight is 223 g/mol. The Kier molecular flexibility index (Phi) is 2.52. The highest BCUT2D eigenvalue weighted by Gasteiger charge is 2.21. The number of rotatable bonds is 2. The molecule has 1 aliphatic rings. The number of aryl methyl sites for hydroxylation is 1. The summed E-state index contributed by atoms with van der Waals surface area (Å²) in [5.41, 5.74) is 2.12. The van der Waals surface area contributed by atoms with Crippen LogP contribution in [0.5, 0.6) is 0 Å². The molecule has 0 radical (unpaired) electrons. The minimum Gasteiger partial charge on any atom is -0.378 e. The molecule has 0 spiro atoms. The molecule has 0 aliphatic carbocycles. The predicted octanol–water partition coefficient (Wildman–Crippen LogP) is 1.72. The lowest BCUT2D eigenvalue weighted by Crippen LogP contribution is -2.20. The number of anilines is 1. The van der Waals surface area contributed by atoms with E-state index in [4.69, 9.17) is 0 Å². The molecule has 0 unspecified atom stereocenters. The minimum absolute atomic E-state index is 0.100. The largest absolute Gasteiger partial charge is 0.378 e. The van der Waals surface area contributed by atoms with Crippen molar-refractivity contribution in [2.75, 3.05) is 11.1 Å². The quantitative estimate of drug-likeness (QED) is 0.830. The SMILES string of the molecule is Cc1cccc(N[C@@H]2C=CS(=O)(=O)C2)c1. The van der Waals surface area contributed by atoms with Crippen LogP contribution in [0.2, 0.25) is 0 Å². The highest BCUT2D eigenvalue weighted by Crippen LogP contribution is 2.15. The van der Waals surface area contributed by atoms with E-state index in [0.717, 1.165) is 11.3 Å². The van der Waals surface area contributed by atoms with Gasteiger partial charge in [0.15, 0.2) is 9.84 Å². The van der Waals surface area contributed by atoms with E-state index < -0.39 is 9.84 Å². The standard InChI is InChI=1S/C11H13NO2S/c1-9-3-2-4-10(7-9)12-11-5-6-15(13,14)8-11/h2-7,11-12H,8H2,1H3/t11-/m1/s1. The first-order chi connectivity index (χ1) is 7.05. The molecule has 1 aliphatic heterocycles. The Balaban J connectivity index is 2.09. The van der Waals surface area contributed by atoms with Crippen molar-refractivity contribution < 1.29 is 8.42 Å². The van der Waals surface area contributed by atoms with Crippen LogP contribution in [-0.2, 0) is 9.84 Å². The van der Waals surface area contributed by atoms with Gasteiger partial charge in [0.25, 0.3) is 0 Å². The summed E-state index contributed by atoms with van der Waals surface area (Å²) in [5.74, 6) is 0.154. The van der Waals surface area contributed by atoms with Crippen LogP contribution in [0.15, 0.2) is 35.7 Å². The van der Waals surface area contributed by atoms with Crippen LogP contribution < -0.4 is 5.32 Å². The first kappa shape index (κ1) is 10.2. The van der Waals surface area contributed by atoms with Crippen LogP contribution in [-0.4, -0.2) is 20.2 Å². The van der Waals surface area contributed by atoms with E-state index in [-0.39, 0.29) is 11.8 Å². The Labute approximate surface area is 89.7 Å². The second-order valence-electron chi connectivity index (χ2n) is 3.78. The van der Waals surface area contributed by atoms with Gasteiger partial charge in [0.1, 0.15) is 0 Å². The normalized spacial score (nSPS) is 22.9. The van der Waals surface area contributed by atoms with Gasteiger partial charge in [0.2, 0.25) is 0 Å². The fourth-order valence-electron chi connectivity index (χ4n) is 1.61. The van der Waals surface area contributed by atoms with Gasteiger partial charge in [-0.1, -0.05) is 18.2 Å². The lowest BCUT2D eigenvalue weighted by molar-refractivity contribution is 0.605. The Morgan fingerprint density at radius 1 is 1.40 bits per heavy atom. The van der Waals surface area contributed by atoms with Gasteiger partial charge in [-0.15, -0.1) is 0 Å². The highest BCUT2D eigenvalue weighted by molar-refractivity contribution is 7.94. The molecule has 4 heteroatoms. The summed E-state index contributed by atoms with van der Waals surface area (Å²) in [7, 11) is -2.97. The molecule has 0 saturated heterocycles. The lowest BCUT2D eigenvalue weighted by Gasteiger charge is -2.11. The van der Waals surface area contributed by atoms with Gasteiger partial charge in [0, 0.05) is 11.1 Å². The molecule has 1 aromatic carbocycles. The first-order valence-corrected chi connectivity index (χ1v) is 6.51. The van der Waals surface area contributed by atoms with Gasteiger partial charge < -0.3 is 5.32 Å². The van der Waals surface area contributed by atoms with Crippen molar-refractivity contribution in [2.24, 2.45) is 0 Å². The molecule has 0 saturated carbocycles. The van der Waals surface area contributed by atoms with E-state index in [1.807, 2.05) is 31.2 Å². The van der Waals surface area contributed by atoms with Crippen molar-refractivity contribution >= 4 is 15.5 Å². The van der Waals surface area contributed by atoms with Gasteiger partial charge in [-0.2, -0.15) is 0 Å². The molecular weight excluding hydrogens is 210 g/mol. The number of hydrogen-bond donors (Lipinski definition) is 1. The monoisotopic (exact) mass is 223 g/mol. The van der Waals surface area contributed by atoms with Crippen LogP contribution in [0, 0.1) is 6.92 Å². The van der Waals surface area contributed by atoms with Crippen LogP contribution in [0.3, 0.4) is 0 Å². The third-order valence-corrected chi connectivity index (χ3v) is 3.70. The molecule has 80 valence electrons. The minimum atomic E-state index is -2.97. The Morgan fingerprint density at radius 2 is 2.20 bits per heavy atom. The van der Waals surface area contributed by atoms with E-state index in [0.29, 0.717) is 0 Å². The lowest BCUT2D eigenvalue weighted by atomic mass is 10.2. The van der Waals surface area contributed by atoms with Crippen LogP contribution >= 0.6 is 0 Å². The number of sulfone groups is 1. The van der Waals surface area contributed by atoms with Gasteiger partial charge in [-0.05, 0) is 24.6 Å². The molecule has 15 heavy (non-hydrogen) atoms. The van der Waals surface area contributed by atoms with Gasteiger partial charge in [-0.3, -0.25) is 0 Å². The van der Waals surface area contributed by atoms with E-state index in [1.54, 1.807) is 6.08 Å². The molecule has 0 bridgehead atoms. The molecule has 2 rings (SSSR count). The summed E-state index contributed by atoms with van der Waals surface area (Å²) < 4.78 is 22.3. The topological polar surface area (TPSA) is 46.2 Å². The molecule has 1 atom stereocenters. The van der Waals surface area contributed by atoms with E-state index in [2.05, 4.69) is 5.32 Å². The van der Waals surface area contributed by atoms with Crippen molar-refractivity contribution in [3.05, 3.63) is 41.3 Å². The van der Waals surface area contributed by atoms with E-state index in [9.17, 15) is 8.42 Å². The zero-order valence-electron chi connectivity index (χ0n) is 8.47. The molecule has 0 fully saturated rings. The Morgan fingerprint density at radius 3 is 2.80 bits per heavy atom. The molecule has 0 aromatic heterocycles. The third kappa shape index (κ3) is 2.59. The summed E-state index contributed by atoms with van der Waals surface area (Å²) >= 11 is 0. The van der Waals surface area contributed by atoms with Crippen molar-refractivity contribution in [1.82, 2.24) is 0 Å². The van der Waals surface area contributed by atoms with Crippen molar-refractivity contribution in [2.45, 2.75) is 13.0 Å². The van der Waals surface area contributed by atoms with Gasteiger partial charge in [0.05, 0.1) is 11.8 Å². The van der Waals surface area contributed by atoms with E-state index >= 15 is 0 Å². The average Bonchev–Trinajstić information content (AvgIpc) is 2.45. The molecule has 1 heterocycles. The molecule has 1 N–H and O–H groups in total.